The molecule has 1 rings (SSSR count). The Bertz CT molecular complexity index is 529. The predicted molar refractivity (Wildman–Crippen MR) is 68.3 cm³/mol. The van der Waals surface area contributed by atoms with Crippen LogP contribution in [0.1, 0.15) is 12.0 Å². The van der Waals surface area contributed by atoms with Crippen LogP contribution in [0.15, 0.2) is 23.1 Å². The standard InChI is InChI=1S/C10H11IO5S.Na/c1-7-6-8(16-10(12)4-5-11)2-3-9(7)17(13,14)15;/h2-3,6H,4-5H2,1H3,(H,13,14,15);/q;+1/p-1. The van der Waals surface area contributed by atoms with Crippen molar-refractivity contribution in [1.29, 1.82) is 0 Å². The Kier molecular flexibility index (Phi) is 7.95. The van der Waals surface area contributed by atoms with Gasteiger partial charge in [-0.2, -0.15) is 0 Å². The van der Waals surface area contributed by atoms with E-state index >= 15 is 0 Å². The van der Waals surface area contributed by atoms with Gasteiger partial charge in [-0.05, 0) is 30.7 Å². The van der Waals surface area contributed by atoms with E-state index in [9.17, 15) is 17.8 Å². The number of rotatable bonds is 4. The third kappa shape index (κ3) is 5.54. The van der Waals surface area contributed by atoms with Crippen molar-refractivity contribution in [3.63, 3.8) is 0 Å². The van der Waals surface area contributed by atoms with Crippen molar-refractivity contribution in [2.45, 2.75) is 18.2 Å². The molecule has 0 aromatic heterocycles. The first kappa shape index (κ1) is 18.3. The van der Waals surface area contributed by atoms with E-state index in [0.717, 1.165) is 6.07 Å². The maximum absolute atomic E-state index is 11.2. The maximum atomic E-state index is 11.2. The second-order valence-electron chi connectivity index (χ2n) is 3.29. The average Bonchev–Trinajstić information content (AvgIpc) is 2.15. The van der Waals surface area contributed by atoms with Crippen molar-refractivity contribution in [1.82, 2.24) is 0 Å². The monoisotopic (exact) mass is 392 g/mol. The summed E-state index contributed by atoms with van der Waals surface area (Å²) in [4.78, 5) is 10.9. The van der Waals surface area contributed by atoms with Gasteiger partial charge in [0.1, 0.15) is 15.9 Å². The molecule has 0 unspecified atom stereocenters. The minimum atomic E-state index is -4.48. The summed E-state index contributed by atoms with van der Waals surface area (Å²) >= 11 is 2.05. The SMILES string of the molecule is Cc1cc(OC(=O)CCI)ccc1S(=O)(=O)[O-].[Na+]. The third-order valence-corrected chi connectivity index (χ3v) is 3.48. The van der Waals surface area contributed by atoms with Gasteiger partial charge in [0.2, 0.25) is 0 Å². The number of carbonyl (C=O) groups excluding carboxylic acids is 1. The van der Waals surface area contributed by atoms with Crippen LogP contribution in [-0.2, 0) is 14.9 Å². The van der Waals surface area contributed by atoms with Gasteiger partial charge in [-0.25, -0.2) is 8.42 Å². The first-order valence-corrected chi connectivity index (χ1v) is 7.61. The van der Waals surface area contributed by atoms with Gasteiger partial charge in [0, 0.05) is 4.43 Å². The number of halogens is 1. The van der Waals surface area contributed by atoms with Gasteiger partial charge >= 0.3 is 35.5 Å². The zero-order valence-electron chi connectivity index (χ0n) is 9.97. The van der Waals surface area contributed by atoms with Crippen LogP contribution in [0.5, 0.6) is 5.75 Å². The molecule has 0 bridgehead atoms. The summed E-state index contributed by atoms with van der Waals surface area (Å²) in [5, 5.41) is 0. The van der Waals surface area contributed by atoms with Crippen molar-refractivity contribution in [2.75, 3.05) is 4.43 Å². The minimum Gasteiger partial charge on any atom is -0.744 e. The number of hydrogen-bond donors (Lipinski definition) is 0. The van der Waals surface area contributed by atoms with Crippen LogP contribution in [-0.4, -0.2) is 23.4 Å². The fraction of sp³-hybridized carbons (Fsp3) is 0.300. The smallest absolute Gasteiger partial charge is 0.744 e. The fourth-order valence-corrected chi connectivity index (χ4v) is 2.35. The summed E-state index contributed by atoms with van der Waals surface area (Å²) in [6.45, 7) is 1.47. The minimum absolute atomic E-state index is 0. The molecule has 18 heavy (non-hydrogen) atoms. The van der Waals surface area contributed by atoms with Crippen LogP contribution in [0, 0.1) is 6.92 Å². The number of benzene rings is 1. The van der Waals surface area contributed by atoms with Crippen LogP contribution in [0.4, 0.5) is 0 Å². The third-order valence-electron chi connectivity index (χ3n) is 1.95. The molecular formula is C10H10INaO5S. The van der Waals surface area contributed by atoms with Gasteiger partial charge in [0.05, 0.1) is 11.3 Å². The summed E-state index contributed by atoms with van der Waals surface area (Å²) in [6, 6.07) is 3.79. The van der Waals surface area contributed by atoms with Crippen LogP contribution in [0.3, 0.4) is 0 Å². The molecule has 0 radical (unpaired) electrons. The summed E-state index contributed by atoms with van der Waals surface area (Å²) in [6.07, 6.45) is 0.279. The summed E-state index contributed by atoms with van der Waals surface area (Å²) < 4.78 is 38.1. The van der Waals surface area contributed by atoms with Crippen LogP contribution < -0.4 is 34.3 Å². The number of aryl methyl sites for hydroxylation is 1. The molecular weight excluding hydrogens is 382 g/mol. The summed E-state index contributed by atoms with van der Waals surface area (Å²) in [7, 11) is -4.48. The van der Waals surface area contributed by atoms with Gasteiger partial charge in [0.15, 0.2) is 0 Å². The molecule has 0 fully saturated rings. The van der Waals surface area contributed by atoms with Crippen molar-refractivity contribution in [3.8, 4) is 5.75 Å². The molecule has 0 spiro atoms. The van der Waals surface area contributed by atoms with E-state index in [4.69, 9.17) is 4.74 Å². The summed E-state index contributed by atoms with van der Waals surface area (Å²) in [5.41, 5.74) is 0.264. The van der Waals surface area contributed by atoms with E-state index in [2.05, 4.69) is 0 Å². The molecule has 0 aliphatic rings. The van der Waals surface area contributed by atoms with E-state index in [1.165, 1.54) is 19.1 Å². The van der Waals surface area contributed by atoms with E-state index in [-0.39, 0.29) is 52.2 Å². The number of ether oxygens (including phenoxy) is 1. The molecule has 0 saturated heterocycles. The second kappa shape index (κ2) is 7.81. The molecule has 0 atom stereocenters. The molecule has 0 saturated carbocycles. The van der Waals surface area contributed by atoms with Crippen LogP contribution >= 0.6 is 22.6 Å². The predicted octanol–water partition coefficient (Wildman–Crippen LogP) is -1.37. The van der Waals surface area contributed by atoms with Gasteiger partial charge in [-0.15, -0.1) is 0 Å². The van der Waals surface area contributed by atoms with E-state index in [1.54, 1.807) is 0 Å². The molecule has 5 nitrogen and oxygen atoms in total. The topological polar surface area (TPSA) is 83.5 Å². The molecule has 1 aromatic rings. The molecule has 0 aliphatic heterocycles. The Labute approximate surface area is 141 Å². The number of esters is 1. The molecule has 0 amide bonds. The van der Waals surface area contributed by atoms with Crippen LogP contribution in [0.2, 0.25) is 0 Å². The maximum Gasteiger partial charge on any atom is 1.00 e. The Balaban J connectivity index is 0.00000289. The quantitative estimate of drug-likeness (QED) is 0.158. The fourth-order valence-electron chi connectivity index (χ4n) is 1.23. The molecule has 8 heteroatoms. The molecule has 0 aliphatic carbocycles. The number of carbonyl (C=O) groups is 1. The van der Waals surface area contributed by atoms with Crippen molar-refractivity contribution in [2.24, 2.45) is 0 Å². The Morgan fingerprint density at radius 1 is 1.44 bits per heavy atom. The van der Waals surface area contributed by atoms with E-state index in [0.29, 0.717) is 4.43 Å². The van der Waals surface area contributed by atoms with Gasteiger partial charge in [-0.1, -0.05) is 22.6 Å². The Morgan fingerprint density at radius 3 is 2.50 bits per heavy atom. The summed E-state index contributed by atoms with van der Waals surface area (Å²) in [5.74, 6) is -0.152. The molecule has 0 heterocycles. The average molecular weight is 392 g/mol. The number of alkyl halides is 1. The van der Waals surface area contributed by atoms with Gasteiger partial charge < -0.3 is 9.29 Å². The first-order valence-electron chi connectivity index (χ1n) is 4.68. The zero-order chi connectivity index (χ0) is 13.1. The van der Waals surface area contributed by atoms with Crippen LogP contribution in [0.25, 0.3) is 0 Å². The Morgan fingerprint density at radius 2 is 2.06 bits per heavy atom. The largest absolute Gasteiger partial charge is 1.00 e. The second-order valence-corrected chi connectivity index (χ2v) is 5.72. The van der Waals surface area contributed by atoms with E-state index < -0.39 is 16.1 Å². The van der Waals surface area contributed by atoms with Crippen molar-refractivity contribution >= 4 is 38.7 Å². The van der Waals surface area contributed by atoms with E-state index in [1.807, 2.05) is 22.6 Å². The van der Waals surface area contributed by atoms with Crippen molar-refractivity contribution in [3.05, 3.63) is 23.8 Å². The molecule has 1 aromatic carbocycles. The number of hydrogen-bond acceptors (Lipinski definition) is 5. The molecule has 94 valence electrons. The van der Waals surface area contributed by atoms with Crippen molar-refractivity contribution < 1.29 is 52.1 Å². The zero-order valence-corrected chi connectivity index (χ0v) is 14.9. The van der Waals surface area contributed by atoms with Gasteiger partial charge in [-0.3, -0.25) is 4.79 Å². The van der Waals surface area contributed by atoms with Gasteiger partial charge in [0.25, 0.3) is 0 Å². The molecule has 0 N–H and O–H groups in total. The normalized spacial score (nSPS) is 10.6. The Hall–Kier alpha value is 0.330. The first-order chi connectivity index (χ1) is 7.84.